The van der Waals surface area contributed by atoms with Gasteiger partial charge in [0.25, 0.3) is 0 Å². The summed E-state index contributed by atoms with van der Waals surface area (Å²) >= 11 is 0. The summed E-state index contributed by atoms with van der Waals surface area (Å²) in [4.78, 5) is 13.8. The van der Waals surface area contributed by atoms with Crippen LogP contribution in [0.3, 0.4) is 0 Å². The lowest BCUT2D eigenvalue weighted by molar-refractivity contribution is -0.135. The quantitative estimate of drug-likeness (QED) is 0.746. The molecule has 1 atom stereocenters. The van der Waals surface area contributed by atoms with E-state index in [1.165, 1.54) is 0 Å². The topological polar surface area (TPSA) is 41.6 Å². The van der Waals surface area contributed by atoms with E-state index in [1.807, 2.05) is 18.7 Å². The Hall–Kier alpha value is -0.610. The fourth-order valence-electron chi connectivity index (χ4n) is 1.74. The molecule has 1 fully saturated rings. The van der Waals surface area contributed by atoms with E-state index in [9.17, 15) is 4.79 Å². The van der Waals surface area contributed by atoms with E-state index < -0.39 is 0 Å². The first-order valence-corrected chi connectivity index (χ1v) is 5.73. The highest BCUT2D eigenvalue weighted by molar-refractivity contribution is 5.76. The molecule has 1 aliphatic rings. The Balaban J connectivity index is 2.26. The predicted molar refractivity (Wildman–Crippen MR) is 59.7 cm³/mol. The lowest BCUT2D eigenvalue weighted by Crippen LogP contribution is -2.52. The molecular weight excluding hydrogens is 192 g/mol. The van der Waals surface area contributed by atoms with Gasteiger partial charge in [-0.05, 0) is 20.8 Å². The molecule has 4 heteroatoms. The predicted octanol–water partition coefficient (Wildman–Crippen LogP) is 0.622. The van der Waals surface area contributed by atoms with Crippen molar-refractivity contribution in [2.24, 2.45) is 0 Å². The molecule has 1 rings (SSSR count). The van der Waals surface area contributed by atoms with Gasteiger partial charge in [-0.25, -0.2) is 0 Å². The van der Waals surface area contributed by atoms with Crippen molar-refractivity contribution in [3.8, 4) is 0 Å². The molecule has 1 N–H and O–H groups in total. The van der Waals surface area contributed by atoms with Crippen LogP contribution in [0.25, 0.3) is 0 Å². The Morgan fingerprint density at radius 2 is 2.33 bits per heavy atom. The van der Waals surface area contributed by atoms with Gasteiger partial charge in [-0.2, -0.15) is 0 Å². The number of carbonyl (C=O) groups is 1. The van der Waals surface area contributed by atoms with Gasteiger partial charge in [0.15, 0.2) is 0 Å². The zero-order chi connectivity index (χ0) is 11.3. The summed E-state index contributed by atoms with van der Waals surface area (Å²) < 4.78 is 5.38. The number of nitrogens with zero attached hydrogens (tertiary/aromatic N) is 1. The van der Waals surface area contributed by atoms with Crippen LogP contribution in [0.2, 0.25) is 0 Å². The van der Waals surface area contributed by atoms with Crippen molar-refractivity contribution in [2.45, 2.75) is 39.3 Å². The van der Waals surface area contributed by atoms with Gasteiger partial charge in [-0.1, -0.05) is 0 Å². The third kappa shape index (κ3) is 4.18. The number of carbonyl (C=O) groups excluding carboxylic acids is 1. The maximum atomic E-state index is 11.8. The van der Waals surface area contributed by atoms with E-state index in [-0.39, 0.29) is 12.0 Å². The number of ether oxygens (including phenoxy) is 1. The minimum absolute atomic E-state index is 0.207. The minimum atomic E-state index is 0.207. The molecule has 1 amide bonds. The lowest BCUT2D eigenvalue weighted by atomic mass is 10.2. The van der Waals surface area contributed by atoms with Gasteiger partial charge in [0, 0.05) is 25.7 Å². The van der Waals surface area contributed by atoms with Crippen LogP contribution < -0.4 is 5.32 Å². The average Bonchev–Trinajstić information content (AvgIpc) is 2.17. The first-order chi connectivity index (χ1) is 7.11. The zero-order valence-corrected chi connectivity index (χ0v) is 9.95. The van der Waals surface area contributed by atoms with Crippen molar-refractivity contribution in [2.75, 3.05) is 26.2 Å². The molecule has 15 heavy (non-hydrogen) atoms. The number of nitrogens with one attached hydrogen (secondary N) is 1. The Bertz CT molecular complexity index is 207. The van der Waals surface area contributed by atoms with Gasteiger partial charge in [-0.15, -0.1) is 0 Å². The maximum Gasteiger partial charge on any atom is 0.225 e. The van der Waals surface area contributed by atoms with Gasteiger partial charge >= 0.3 is 0 Å². The second-order valence-corrected chi connectivity index (χ2v) is 4.31. The van der Waals surface area contributed by atoms with Crippen molar-refractivity contribution >= 4 is 5.91 Å². The molecule has 0 aromatic heterocycles. The second-order valence-electron chi connectivity index (χ2n) is 4.31. The van der Waals surface area contributed by atoms with E-state index >= 15 is 0 Å². The zero-order valence-electron chi connectivity index (χ0n) is 9.95. The standard InChI is InChI=1S/C11H22N2O2/c1-9(2)15-7-4-11(14)13-6-5-12-8-10(13)3/h9-10,12H,4-8H2,1-3H3/t10-/m0/s1. The number of amides is 1. The molecule has 4 nitrogen and oxygen atoms in total. The van der Waals surface area contributed by atoms with Gasteiger partial charge in [0.2, 0.25) is 5.91 Å². The summed E-state index contributed by atoms with van der Waals surface area (Å²) in [6.07, 6.45) is 0.709. The number of piperazine rings is 1. The van der Waals surface area contributed by atoms with E-state index in [1.54, 1.807) is 0 Å². The first kappa shape index (κ1) is 12.5. The van der Waals surface area contributed by atoms with Crippen molar-refractivity contribution < 1.29 is 9.53 Å². The molecule has 0 aromatic rings. The molecule has 0 spiro atoms. The Labute approximate surface area is 92.0 Å². The fraction of sp³-hybridized carbons (Fsp3) is 0.909. The molecular formula is C11H22N2O2. The van der Waals surface area contributed by atoms with Crippen LogP contribution in [-0.2, 0) is 9.53 Å². The van der Waals surface area contributed by atoms with E-state index in [4.69, 9.17) is 4.74 Å². The second kappa shape index (κ2) is 6.08. The summed E-state index contributed by atoms with van der Waals surface area (Å²) in [5.41, 5.74) is 0. The number of hydrogen-bond acceptors (Lipinski definition) is 3. The third-order valence-corrected chi connectivity index (χ3v) is 2.59. The van der Waals surface area contributed by atoms with E-state index in [0.29, 0.717) is 19.1 Å². The molecule has 0 bridgehead atoms. The molecule has 0 aromatic carbocycles. The smallest absolute Gasteiger partial charge is 0.225 e. The highest BCUT2D eigenvalue weighted by Gasteiger charge is 2.22. The highest BCUT2D eigenvalue weighted by atomic mass is 16.5. The molecule has 0 unspecified atom stereocenters. The fourth-order valence-corrected chi connectivity index (χ4v) is 1.74. The molecule has 1 saturated heterocycles. The lowest BCUT2D eigenvalue weighted by Gasteiger charge is -2.34. The van der Waals surface area contributed by atoms with Gasteiger partial charge < -0.3 is 15.0 Å². The van der Waals surface area contributed by atoms with Crippen molar-refractivity contribution in [1.82, 2.24) is 10.2 Å². The number of hydrogen-bond donors (Lipinski definition) is 1. The van der Waals surface area contributed by atoms with Crippen LogP contribution in [0.5, 0.6) is 0 Å². The van der Waals surface area contributed by atoms with Crippen LogP contribution in [0.1, 0.15) is 27.2 Å². The molecule has 88 valence electrons. The molecule has 0 saturated carbocycles. The minimum Gasteiger partial charge on any atom is -0.378 e. The van der Waals surface area contributed by atoms with Gasteiger partial charge in [0.05, 0.1) is 19.1 Å². The monoisotopic (exact) mass is 214 g/mol. The van der Waals surface area contributed by atoms with Crippen LogP contribution in [-0.4, -0.2) is 49.2 Å². The number of rotatable bonds is 4. The summed E-state index contributed by atoms with van der Waals surface area (Å²) in [6.45, 7) is 9.20. The summed E-state index contributed by atoms with van der Waals surface area (Å²) in [6, 6.07) is 0.310. The van der Waals surface area contributed by atoms with E-state index in [2.05, 4.69) is 12.2 Å². The Morgan fingerprint density at radius 3 is 2.93 bits per heavy atom. The molecule has 0 aliphatic carbocycles. The van der Waals surface area contributed by atoms with Crippen molar-refractivity contribution in [3.63, 3.8) is 0 Å². The Kier molecular flexibility index (Phi) is 5.05. The van der Waals surface area contributed by atoms with Gasteiger partial charge in [0.1, 0.15) is 0 Å². The average molecular weight is 214 g/mol. The summed E-state index contributed by atoms with van der Waals surface area (Å²) in [5, 5.41) is 3.27. The largest absolute Gasteiger partial charge is 0.378 e. The SMILES string of the molecule is CC(C)OCCC(=O)N1CCNC[C@@H]1C. The van der Waals surface area contributed by atoms with Crippen LogP contribution >= 0.6 is 0 Å². The maximum absolute atomic E-state index is 11.8. The normalized spacial score (nSPS) is 22.1. The first-order valence-electron chi connectivity index (χ1n) is 5.73. The van der Waals surface area contributed by atoms with Crippen LogP contribution in [0, 0.1) is 0 Å². The van der Waals surface area contributed by atoms with E-state index in [0.717, 1.165) is 19.6 Å². The Morgan fingerprint density at radius 1 is 1.60 bits per heavy atom. The van der Waals surface area contributed by atoms with Crippen molar-refractivity contribution in [3.05, 3.63) is 0 Å². The molecule has 0 radical (unpaired) electrons. The summed E-state index contributed by atoms with van der Waals surface area (Å²) in [5.74, 6) is 0.213. The third-order valence-electron chi connectivity index (χ3n) is 2.59. The van der Waals surface area contributed by atoms with Crippen molar-refractivity contribution in [1.29, 1.82) is 0 Å². The van der Waals surface area contributed by atoms with Crippen LogP contribution in [0.15, 0.2) is 0 Å². The molecule has 1 heterocycles. The highest BCUT2D eigenvalue weighted by Crippen LogP contribution is 2.05. The molecule has 1 aliphatic heterocycles. The van der Waals surface area contributed by atoms with Gasteiger partial charge in [-0.3, -0.25) is 4.79 Å². The summed E-state index contributed by atoms with van der Waals surface area (Å²) in [7, 11) is 0. The van der Waals surface area contributed by atoms with Crippen LogP contribution in [0.4, 0.5) is 0 Å².